The van der Waals surface area contributed by atoms with Gasteiger partial charge >= 0.3 is 0 Å². The van der Waals surface area contributed by atoms with Crippen molar-refractivity contribution in [2.24, 2.45) is 0 Å². The number of carbonyl (C=O) groups excluding carboxylic acids is 1. The van der Waals surface area contributed by atoms with Crippen molar-refractivity contribution in [3.8, 4) is 0 Å². The second-order valence-electron chi connectivity index (χ2n) is 4.11. The molecule has 18 heavy (non-hydrogen) atoms. The van der Waals surface area contributed by atoms with Gasteiger partial charge in [0.25, 0.3) is 5.91 Å². The van der Waals surface area contributed by atoms with Crippen molar-refractivity contribution in [2.75, 3.05) is 5.32 Å². The third-order valence-electron chi connectivity index (χ3n) is 2.92. The third-order valence-corrected chi connectivity index (χ3v) is 3.36. The number of hydrogen-bond donors (Lipinski definition) is 2. The standard InChI is InChI=1S/C12H15BrN4O/c1-4-17-6-9(13)5-10(17)12(18)14-11-7(2)8(3)15-16-11/h5-6H,4H2,1-3H3,(H2,14,15,16,18). The van der Waals surface area contributed by atoms with Crippen LogP contribution in [0.25, 0.3) is 0 Å². The van der Waals surface area contributed by atoms with Gasteiger partial charge in [-0.05, 0) is 42.8 Å². The summed E-state index contributed by atoms with van der Waals surface area (Å²) in [5.74, 6) is 0.426. The van der Waals surface area contributed by atoms with Crippen LogP contribution in [0.15, 0.2) is 16.7 Å². The summed E-state index contributed by atoms with van der Waals surface area (Å²) >= 11 is 3.37. The van der Waals surface area contributed by atoms with Crippen LogP contribution in [0.3, 0.4) is 0 Å². The molecule has 0 aromatic carbocycles. The molecule has 0 unspecified atom stereocenters. The van der Waals surface area contributed by atoms with Gasteiger partial charge in [0, 0.05) is 28.5 Å². The van der Waals surface area contributed by atoms with Crippen molar-refractivity contribution in [1.29, 1.82) is 0 Å². The van der Waals surface area contributed by atoms with Crippen molar-refractivity contribution in [3.05, 3.63) is 33.7 Å². The summed E-state index contributed by atoms with van der Waals surface area (Å²) in [4.78, 5) is 12.2. The van der Waals surface area contributed by atoms with E-state index >= 15 is 0 Å². The largest absolute Gasteiger partial charge is 0.343 e. The van der Waals surface area contributed by atoms with Crippen LogP contribution in [0, 0.1) is 13.8 Å². The first kappa shape index (κ1) is 12.9. The number of nitrogens with one attached hydrogen (secondary N) is 2. The van der Waals surface area contributed by atoms with Crippen LogP contribution >= 0.6 is 15.9 Å². The Bertz CT molecular complexity index is 585. The zero-order valence-electron chi connectivity index (χ0n) is 10.5. The van der Waals surface area contributed by atoms with Crippen LogP contribution in [0.4, 0.5) is 5.82 Å². The molecule has 0 spiro atoms. The van der Waals surface area contributed by atoms with Crippen LogP contribution < -0.4 is 5.32 Å². The van der Waals surface area contributed by atoms with Crippen LogP contribution in [-0.2, 0) is 6.54 Å². The number of aromatic nitrogens is 3. The fourth-order valence-corrected chi connectivity index (χ4v) is 2.17. The number of aryl methyl sites for hydroxylation is 2. The topological polar surface area (TPSA) is 62.7 Å². The van der Waals surface area contributed by atoms with E-state index in [2.05, 4.69) is 31.4 Å². The lowest BCUT2D eigenvalue weighted by atomic mass is 10.3. The molecule has 2 aromatic heterocycles. The van der Waals surface area contributed by atoms with E-state index in [1.807, 2.05) is 31.5 Å². The zero-order chi connectivity index (χ0) is 13.3. The van der Waals surface area contributed by atoms with Gasteiger partial charge in [-0.15, -0.1) is 0 Å². The Hall–Kier alpha value is -1.56. The Kier molecular flexibility index (Phi) is 3.56. The second kappa shape index (κ2) is 4.97. The van der Waals surface area contributed by atoms with Gasteiger partial charge < -0.3 is 9.88 Å². The van der Waals surface area contributed by atoms with E-state index in [1.54, 1.807) is 6.07 Å². The van der Waals surface area contributed by atoms with E-state index in [0.29, 0.717) is 11.5 Å². The Morgan fingerprint density at radius 3 is 2.83 bits per heavy atom. The number of H-pyrrole nitrogens is 1. The lowest BCUT2D eigenvalue weighted by Crippen LogP contribution is -2.17. The molecule has 0 bridgehead atoms. The van der Waals surface area contributed by atoms with Crippen molar-refractivity contribution in [1.82, 2.24) is 14.8 Å². The van der Waals surface area contributed by atoms with E-state index in [9.17, 15) is 4.79 Å². The van der Waals surface area contributed by atoms with Gasteiger partial charge in [-0.25, -0.2) is 0 Å². The smallest absolute Gasteiger partial charge is 0.273 e. The summed E-state index contributed by atoms with van der Waals surface area (Å²) in [6.07, 6.45) is 1.89. The van der Waals surface area contributed by atoms with E-state index in [-0.39, 0.29) is 5.91 Å². The van der Waals surface area contributed by atoms with Crippen LogP contribution in [-0.4, -0.2) is 20.7 Å². The molecule has 0 aliphatic rings. The minimum atomic E-state index is -0.155. The summed E-state index contributed by atoms with van der Waals surface area (Å²) in [6, 6.07) is 1.80. The fraction of sp³-hybridized carbons (Fsp3) is 0.333. The lowest BCUT2D eigenvalue weighted by Gasteiger charge is -2.06. The maximum atomic E-state index is 12.2. The molecule has 0 saturated heterocycles. The van der Waals surface area contributed by atoms with Gasteiger partial charge in [0.15, 0.2) is 5.82 Å². The van der Waals surface area contributed by atoms with Crippen molar-refractivity contribution < 1.29 is 4.79 Å². The van der Waals surface area contributed by atoms with Crippen LogP contribution in [0.2, 0.25) is 0 Å². The van der Waals surface area contributed by atoms with Gasteiger partial charge in [0.05, 0.1) is 0 Å². The predicted octanol–water partition coefficient (Wildman–Crippen LogP) is 2.86. The average Bonchev–Trinajstić information content (AvgIpc) is 2.86. The summed E-state index contributed by atoms with van der Waals surface area (Å²) in [6.45, 7) is 6.58. The summed E-state index contributed by atoms with van der Waals surface area (Å²) in [7, 11) is 0. The van der Waals surface area contributed by atoms with Gasteiger partial charge in [-0.1, -0.05) is 0 Å². The molecule has 2 aromatic rings. The highest BCUT2D eigenvalue weighted by atomic mass is 79.9. The number of nitrogens with zero attached hydrogens (tertiary/aromatic N) is 2. The van der Waals surface area contributed by atoms with Gasteiger partial charge in [-0.3, -0.25) is 9.89 Å². The first-order chi connectivity index (χ1) is 8.52. The number of halogens is 1. The van der Waals surface area contributed by atoms with Crippen molar-refractivity contribution in [2.45, 2.75) is 27.3 Å². The molecule has 6 heteroatoms. The summed E-state index contributed by atoms with van der Waals surface area (Å²) < 4.78 is 2.78. The van der Waals surface area contributed by atoms with E-state index in [1.165, 1.54) is 0 Å². The molecule has 0 atom stereocenters. The van der Waals surface area contributed by atoms with E-state index < -0.39 is 0 Å². The maximum absolute atomic E-state index is 12.2. The van der Waals surface area contributed by atoms with E-state index in [0.717, 1.165) is 22.3 Å². The molecule has 0 radical (unpaired) electrons. The number of amides is 1. The Labute approximate surface area is 114 Å². The van der Waals surface area contributed by atoms with Gasteiger partial charge in [-0.2, -0.15) is 5.10 Å². The van der Waals surface area contributed by atoms with E-state index in [4.69, 9.17) is 0 Å². The molecule has 1 amide bonds. The number of rotatable bonds is 3. The molecule has 2 rings (SSSR count). The van der Waals surface area contributed by atoms with Crippen molar-refractivity contribution >= 4 is 27.7 Å². The summed E-state index contributed by atoms with van der Waals surface area (Å²) in [5, 5.41) is 9.72. The molecule has 0 aliphatic heterocycles. The highest BCUT2D eigenvalue weighted by Crippen LogP contribution is 2.18. The second-order valence-corrected chi connectivity index (χ2v) is 5.02. The number of hydrogen-bond acceptors (Lipinski definition) is 2. The monoisotopic (exact) mass is 310 g/mol. The summed E-state index contributed by atoms with van der Waals surface area (Å²) in [5.41, 5.74) is 2.53. The number of aromatic amines is 1. The number of carbonyl (C=O) groups is 1. The molecule has 2 heterocycles. The minimum Gasteiger partial charge on any atom is -0.343 e. The van der Waals surface area contributed by atoms with Gasteiger partial charge in [0.2, 0.25) is 0 Å². The average molecular weight is 311 g/mol. The minimum absolute atomic E-state index is 0.155. The normalized spacial score (nSPS) is 10.7. The Morgan fingerprint density at radius 2 is 2.28 bits per heavy atom. The van der Waals surface area contributed by atoms with Crippen LogP contribution in [0.5, 0.6) is 0 Å². The molecular formula is C12H15BrN4O. The quantitative estimate of drug-likeness (QED) is 0.915. The molecule has 2 N–H and O–H groups in total. The molecule has 0 saturated carbocycles. The molecule has 0 aliphatic carbocycles. The molecular weight excluding hydrogens is 296 g/mol. The first-order valence-corrected chi connectivity index (χ1v) is 6.50. The first-order valence-electron chi connectivity index (χ1n) is 5.71. The third kappa shape index (κ3) is 2.33. The molecule has 0 fully saturated rings. The predicted molar refractivity (Wildman–Crippen MR) is 73.8 cm³/mol. The number of anilines is 1. The fourth-order valence-electron chi connectivity index (χ4n) is 1.71. The van der Waals surface area contributed by atoms with Crippen LogP contribution in [0.1, 0.15) is 28.7 Å². The zero-order valence-corrected chi connectivity index (χ0v) is 12.1. The van der Waals surface area contributed by atoms with Gasteiger partial charge in [0.1, 0.15) is 5.69 Å². The highest BCUT2D eigenvalue weighted by Gasteiger charge is 2.15. The highest BCUT2D eigenvalue weighted by molar-refractivity contribution is 9.10. The Balaban J connectivity index is 2.24. The maximum Gasteiger partial charge on any atom is 0.273 e. The Morgan fingerprint density at radius 1 is 1.56 bits per heavy atom. The lowest BCUT2D eigenvalue weighted by molar-refractivity contribution is 0.101. The van der Waals surface area contributed by atoms with Crippen molar-refractivity contribution in [3.63, 3.8) is 0 Å². The molecule has 96 valence electrons. The SMILES string of the molecule is CCn1cc(Br)cc1C(=O)Nc1n[nH]c(C)c1C. The molecule has 5 nitrogen and oxygen atoms in total.